The Morgan fingerprint density at radius 2 is 1.74 bits per heavy atom. The summed E-state index contributed by atoms with van der Waals surface area (Å²) in [4.78, 5) is 25.6. The summed E-state index contributed by atoms with van der Waals surface area (Å²) in [5.41, 5.74) is -2.66. The third kappa shape index (κ3) is 7.71. The molecule has 0 radical (unpaired) electrons. The van der Waals surface area contributed by atoms with Gasteiger partial charge in [-0.2, -0.15) is 5.26 Å². The van der Waals surface area contributed by atoms with Gasteiger partial charge in [0.1, 0.15) is 22.7 Å². The molecule has 1 aliphatic heterocycles. The predicted octanol–water partition coefficient (Wildman–Crippen LogP) is 6.62. The van der Waals surface area contributed by atoms with Crippen molar-refractivity contribution in [2.75, 3.05) is 13.1 Å². The molecule has 1 aliphatic rings. The first-order chi connectivity index (χ1) is 19.5. The maximum absolute atomic E-state index is 15.7. The minimum absolute atomic E-state index is 0.0115. The number of carbonyl (C=O) groups is 2. The maximum atomic E-state index is 15.7. The molecule has 0 aliphatic carbocycles. The lowest BCUT2D eigenvalue weighted by Crippen LogP contribution is -2.46. The molecule has 7 nitrogen and oxygen atoms in total. The standard InChI is InChI=1S/C31H38Cl2F2N4O3/c1-29(2,3)16-23-31(17-36,20-12-11-18(32)15-22(20)34)24(19-9-7-10-21(33)25(19)35)26(39-23)27(40)37-13-8-14-38-28(41)42-30(4,5)6/h7,9-12,15,23-24,26,39H,8,13-14,16H2,1-6H3,(H,37,40)(H,38,41)/t23?,24?,26-,31+/m1/s1. The average Bonchev–Trinajstić information content (AvgIpc) is 3.17. The van der Waals surface area contributed by atoms with Crippen molar-refractivity contribution in [2.24, 2.45) is 5.41 Å². The van der Waals surface area contributed by atoms with Crippen LogP contribution in [0.2, 0.25) is 10.0 Å². The molecule has 3 rings (SSSR count). The minimum Gasteiger partial charge on any atom is -0.444 e. The molecule has 0 saturated carbocycles. The fourth-order valence-corrected chi connectivity index (χ4v) is 5.81. The van der Waals surface area contributed by atoms with Crippen LogP contribution < -0.4 is 16.0 Å². The van der Waals surface area contributed by atoms with E-state index in [1.165, 1.54) is 30.3 Å². The van der Waals surface area contributed by atoms with Gasteiger partial charge in [0.2, 0.25) is 5.91 Å². The second-order valence-corrected chi connectivity index (χ2v) is 13.6. The van der Waals surface area contributed by atoms with Gasteiger partial charge in [0.15, 0.2) is 0 Å². The predicted molar refractivity (Wildman–Crippen MR) is 159 cm³/mol. The van der Waals surface area contributed by atoms with Gasteiger partial charge in [-0.15, -0.1) is 0 Å². The highest BCUT2D eigenvalue weighted by atomic mass is 35.5. The Balaban J connectivity index is 2.01. The molecule has 0 bridgehead atoms. The van der Waals surface area contributed by atoms with E-state index in [4.69, 9.17) is 27.9 Å². The highest BCUT2D eigenvalue weighted by Crippen LogP contribution is 2.52. The molecule has 2 unspecified atom stereocenters. The van der Waals surface area contributed by atoms with Crippen LogP contribution in [0.4, 0.5) is 13.6 Å². The molecular formula is C31H38Cl2F2N4O3. The van der Waals surface area contributed by atoms with Gasteiger partial charge in [0.25, 0.3) is 0 Å². The molecule has 2 aromatic carbocycles. The van der Waals surface area contributed by atoms with E-state index in [9.17, 15) is 14.9 Å². The van der Waals surface area contributed by atoms with Crippen molar-refractivity contribution in [3.63, 3.8) is 0 Å². The number of benzene rings is 2. The molecule has 42 heavy (non-hydrogen) atoms. The topological polar surface area (TPSA) is 103 Å². The largest absolute Gasteiger partial charge is 0.444 e. The van der Waals surface area contributed by atoms with Crippen molar-refractivity contribution in [3.8, 4) is 6.07 Å². The zero-order valence-electron chi connectivity index (χ0n) is 24.7. The average molecular weight is 624 g/mol. The highest BCUT2D eigenvalue weighted by molar-refractivity contribution is 6.31. The SMILES string of the molecule is CC(C)(C)CC1N[C@@H](C(=O)NCCCNC(=O)OC(C)(C)C)C(c2cccc(Cl)c2F)[C@@]1(C#N)c1ccc(Cl)cc1F. The minimum atomic E-state index is -1.70. The van der Waals surface area contributed by atoms with Crippen LogP contribution in [0.15, 0.2) is 36.4 Å². The first-order valence-corrected chi connectivity index (χ1v) is 14.6. The van der Waals surface area contributed by atoms with Gasteiger partial charge in [-0.05, 0) is 62.8 Å². The lowest BCUT2D eigenvalue weighted by Gasteiger charge is -2.37. The number of nitriles is 1. The molecule has 2 aromatic rings. The molecule has 1 fully saturated rings. The van der Waals surface area contributed by atoms with Gasteiger partial charge in [0.05, 0.1) is 17.1 Å². The Labute approximate surface area is 256 Å². The number of hydrogen-bond acceptors (Lipinski definition) is 5. The number of ether oxygens (including phenoxy) is 1. The lowest BCUT2D eigenvalue weighted by atomic mass is 9.62. The maximum Gasteiger partial charge on any atom is 0.407 e. The zero-order chi connectivity index (χ0) is 31.5. The van der Waals surface area contributed by atoms with Crippen LogP contribution in [0.5, 0.6) is 0 Å². The number of halogens is 4. The second kappa shape index (κ2) is 13.2. The quantitative estimate of drug-likeness (QED) is 0.287. The lowest BCUT2D eigenvalue weighted by molar-refractivity contribution is -0.123. The van der Waals surface area contributed by atoms with E-state index in [0.717, 1.165) is 6.07 Å². The van der Waals surface area contributed by atoms with Crippen molar-refractivity contribution < 1.29 is 23.1 Å². The van der Waals surface area contributed by atoms with E-state index < -0.39 is 52.7 Å². The van der Waals surface area contributed by atoms with Gasteiger partial charge < -0.3 is 20.7 Å². The number of carbonyl (C=O) groups excluding carboxylic acids is 2. The Bertz CT molecular complexity index is 1350. The van der Waals surface area contributed by atoms with Crippen LogP contribution in [0.25, 0.3) is 0 Å². The van der Waals surface area contributed by atoms with Crippen LogP contribution in [0, 0.1) is 28.4 Å². The second-order valence-electron chi connectivity index (χ2n) is 12.8. The van der Waals surface area contributed by atoms with Crippen molar-refractivity contribution >= 4 is 35.2 Å². The summed E-state index contributed by atoms with van der Waals surface area (Å²) >= 11 is 12.2. The summed E-state index contributed by atoms with van der Waals surface area (Å²) in [7, 11) is 0. The summed E-state index contributed by atoms with van der Waals surface area (Å²) in [5, 5.41) is 19.6. The number of hydrogen-bond donors (Lipinski definition) is 3. The normalized spacial score (nSPS) is 22.4. The third-order valence-electron chi connectivity index (χ3n) is 7.05. The molecule has 11 heteroatoms. The van der Waals surface area contributed by atoms with Crippen LogP contribution in [-0.2, 0) is 14.9 Å². The molecule has 4 atom stereocenters. The Kier molecular flexibility index (Phi) is 10.5. The number of rotatable bonds is 8. The van der Waals surface area contributed by atoms with Gasteiger partial charge >= 0.3 is 6.09 Å². The third-order valence-corrected chi connectivity index (χ3v) is 7.58. The van der Waals surface area contributed by atoms with Crippen LogP contribution >= 0.6 is 23.2 Å². The molecule has 0 aromatic heterocycles. The van der Waals surface area contributed by atoms with E-state index >= 15 is 8.78 Å². The van der Waals surface area contributed by atoms with Gasteiger partial charge in [-0.3, -0.25) is 4.79 Å². The number of alkyl carbamates (subject to hydrolysis) is 1. The van der Waals surface area contributed by atoms with Crippen molar-refractivity contribution in [1.29, 1.82) is 5.26 Å². The summed E-state index contributed by atoms with van der Waals surface area (Å²) < 4.78 is 36.6. The van der Waals surface area contributed by atoms with Crippen molar-refractivity contribution in [2.45, 2.75) is 83.4 Å². The Hall–Kier alpha value is -2.93. The summed E-state index contributed by atoms with van der Waals surface area (Å²) in [5.74, 6) is -3.16. The number of nitrogens with one attached hydrogen (secondary N) is 3. The van der Waals surface area contributed by atoms with E-state index in [2.05, 4.69) is 22.0 Å². The van der Waals surface area contributed by atoms with Crippen LogP contribution in [0.3, 0.4) is 0 Å². The Morgan fingerprint density at radius 1 is 1.07 bits per heavy atom. The smallest absolute Gasteiger partial charge is 0.407 e. The van der Waals surface area contributed by atoms with E-state index in [0.29, 0.717) is 12.8 Å². The Morgan fingerprint density at radius 3 is 2.33 bits per heavy atom. The monoisotopic (exact) mass is 622 g/mol. The highest BCUT2D eigenvalue weighted by Gasteiger charge is 2.61. The molecule has 1 saturated heterocycles. The molecule has 0 spiro atoms. The molecule has 1 heterocycles. The van der Waals surface area contributed by atoms with Crippen molar-refractivity contribution in [1.82, 2.24) is 16.0 Å². The van der Waals surface area contributed by atoms with Crippen molar-refractivity contribution in [3.05, 3.63) is 69.2 Å². The summed E-state index contributed by atoms with van der Waals surface area (Å²) in [6, 6.07) is 8.86. The fourth-order valence-electron chi connectivity index (χ4n) is 5.47. The molecule has 3 N–H and O–H groups in total. The first-order valence-electron chi connectivity index (χ1n) is 13.8. The number of nitrogens with zero attached hydrogens (tertiary/aromatic N) is 1. The summed E-state index contributed by atoms with van der Waals surface area (Å²) in [6.07, 6.45) is 0.177. The number of amides is 2. The zero-order valence-corrected chi connectivity index (χ0v) is 26.2. The van der Waals surface area contributed by atoms with Crippen LogP contribution in [0.1, 0.15) is 71.4 Å². The van der Waals surface area contributed by atoms with Crippen LogP contribution in [-0.4, -0.2) is 42.8 Å². The van der Waals surface area contributed by atoms with Gasteiger partial charge in [0, 0.05) is 35.6 Å². The summed E-state index contributed by atoms with van der Waals surface area (Å²) in [6.45, 7) is 11.6. The van der Waals surface area contributed by atoms with E-state index in [-0.39, 0.29) is 39.7 Å². The molecular weight excluding hydrogens is 585 g/mol. The van der Waals surface area contributed by atoms with E-state index in [1.54, 1.807) is 20.8 Å². The molecule has 2 amide bonds. The first kappa shape index (κ1) is 33.6. The van der Waals surface area contributed by atoms with E-state index in [1.807, 2.05) is 20.8 Å². The fraction of sp³-hybridized carbons (Fsp3) is 0.516. The van der Waals surface area contributed by atoms with Gasteiger partial charge in [-0.25, -0.2) is 13.6 Å². The molecule has 228 valence electrons. The van der Waals surface area contributed by atoms with Gasteiger partial charge in [-0.1, -0.05) is 62.2 Å².